The summed E-state index contributed by atoms with van der Waals surface area (Å²) in [5.41, 5.74) is 7.92. The van der Waals surface area contributed by atoms with Crippen molar-refractivity contribution in [3.8, 4) is 0 Å². The van der Waals surface area contributed by atoms with Gasteiger partial charge in [0.15, 0.2) is 0 Å². The highest BCUT2D eigenvalue weighted by atomic mass is 15.1. The van der Waals surface area contributed by atoms with Crippen LogP contribution in [0, 0.1) is 0 Å². The van der Waals surface area contributed by atoms with Gasteiger partial charge in [0.1, 0.15) is 0 Å². The van der Waals surface area contributed by atoms with Gasteiger partial charge in [-0.25, -0.2) is 0 Å². The molecule has 80 valence electrons. The number of hydrogen-bond acceptors (Lipinski definition) is 3. The van der Waals surface area contributed by atoms with Crippen LogP contribution < -0.4 is 5.73 Å². The van der Waals surface area contributed by atoms with E-state index < -0.39 is 0 Å². The molecule has 1 aliphatic rings. The molecule has 1 aliphatic heterocycles. The van der Waals surface area contributed by atoms with Gasteiger partial charge in [-0.1, -0.05) is 13.5 Å². The Bertz CT molecular complexity index is 221. The van der Waals surface area contributed by atoms with Crippen molar-refractivity contribution in [3.05, 3.63) is 12.2 Å². The van der Waals surface area contributed by atoms with Gasteiger partial charge in [-0.3, -0.25) is 9.89 Å². The quantitative estimate of drug-likeness (QED) is 0.728. The maximum absolute atomic E-state index is 5.52. The lowest BCUT2D eigenvalue weighted by molar-refractivity contribution is 0.306. The molecule has 1 fully saturated rings. The number of likely N-dealkylation sites (tertiary alicyclic amines) is 1. The number of aliphatic imine (C=N–C) groups is 1. The Kier molecular flexibility index (Phi) is 4.84. The number of hydrogen-bond donors (Lipinski definition) is 1. The standard InChI is InChI=1S/C11H21N3/c1-3-6-13-11-4-7-14(8-5-12)9-10(11)2/h2-9,12H2,1H3. The van der Waals surface area contributed by atoms with Gasteiger partial charge >= 0.3 is 0 Å². The van der Waals surface area contributed by atoms with Crippen LogP contribution in [0.3, 0.4) is 0 Å². The summed E-state index contributed by atoms with van der Waals surface area (Å²) in [6.45, 7) is 10.9. The second-order valence-electron chi connectivity index (χ2n) is 3.75. The fourth-order valence-corrected chi connectivity index (χ4v) is 1.69. The Morgan fingerprint density at radius 2 is 2.36 bits per heavy atom. The summed E-state index contributed by atoms with van der Waals surface area (Å²) in [6.07, 6.45) is 2.15. The highest BCUT2D eigenvalue weighted by Gasteiger charge is 2.16. The third-order valence-corrected chi connectivity index (χ3v) is 2.46. The van der Waals surface area contributed by atoms with E-state index in [1.165, 1.54) is 11.3 Å². The summed E-state index contributed by atoms with van der Waals surface area (Å²) in [7, 11) is 0. The Balaban J connectivity index is 2.43. The highest BCUT2D eigenvalue weighted by Crippen LogP contribution is 2.11. The third-order valence-electron chi connectivity index (χ3n) is 2.46. The largest absolute Gasteiger partial charge is 0.329 e. The van der Waals surface area contributed by atoms with Crippen LogP contribution in [-0.4, -0.2) is 43.3 Å². The Labute approximate surface area is 86.7 Å². The zero-order chi connectivity index (χ0) is 10.4. The van der Waals surface area contributed by atoms with Gasteiger partial charge in [-0.2, -0.15) is 0 Å². The predicted molar refractivity (Wildman–Crippen MR) is 61.8 cm³/mol. The molecule has 0 radical (unpaired) electrons. The Morgan fingerprint density at radius 3 is 2.93 bits per heavy atom. The van der Waals surface area contributed by atoms with Crippen molar-refractivity contribution in [1.82, 2.24) is 4.90 Å². The molecule has 14 heavy (non-hydrogen) atoms. The molecule has 0 aliphatic carbocycles. The van der Waals surface area contributed by atoms with Crippen molar-refractivity contribution in [3.63, 3.8) is 0 Å². The summed E-state index contributed by atoms with van der Waals surface area (Å²) in [6, 6.07) is 0. The molecule has 3 nitrogen and oxygen atoms in total. The molecule has 0 amide bonds. The van der Waals surface area contributed by atoms with Gasteiger partial charge < -0.3 is 5.73 Å². The predicted octanol–water partition coefficient (Wildman–Crippen LogP) is 1.06. The van der Waals surface area contributed by atoms with Crippen molar-refractivity contribution >= 4 is 5.71 Å². The monoisotopic (exact) mass is 195 g/mol. The van der Waals surface area contributed by atoms with E-state index in [4.69, 9.17) is 5.73 Å². The maximum atomic E-state index is 5.52. The minimum atomic E-state index is 0.731. The van der Waals surface area contributed by atoms with Crippen LogP contribution >= 0.6 is 0 Å². The first-order valence-electron chi connectivity index (χ1n) is 5.41. The molecule has 2 N–H and O–H groups in total. The van der Waals surface area contributed by atoms with Crippen LogP contribution in [0.1, 0.15) is 19.8 Å². The molecule has 1 rings (SSSR count). The lowest BCUT2D eigenvalue weighted by Crippen LogP contribution is -2.38. The van der Waals surface area contributed by atoms with E-state index in [-0.39, 0.29) is 0 Å². The van der Waals surface area contributed by atoms with Crippen LogP contribution in [0.2, 0.25) is 0 Å². The fraction of sp³-hybridized carbons (Fsp3) is 0.727. The van der Waals surface area contributed by atoms with Crippen LogP contribution in [0.15, 0.2) is 17.1 Å². The van der Waals surface area contributed by atoms with Crippen LogP contribution in [-0.2, 0) is 0 Å². The van der Waals surface area contributed by atoms with Gasteiger partial charge in [0.25, 0.3) is 0 Å². The fourth-order valence-electron chi connectivity index (χ4n) is 1.69. The van der Waals surface area contributed by atoms with Gasteiger partial charge in [0.05, 0.1) is 0 Å². The molecule has 0 atom stereocenters. The SMILES string of the molecule is C=C1CN(CCN)CCC1=NCCC. The molecule has 0 saturated carbocycles. The van der Waals surface area contributed by atoms with E-state index in [1.807, 2.05) is 0 Å². The van der Waals surface area contributed by atoms with Gasteiger partial charge in [0, 0.05) is 44.9 Å². The minimum absolute atomic E-state index is 0.731. The number of nitrogens with two attached hydrogens (primary N) is 1. The van der Waals surface area contributed by atoms with E-state index in [0.29, 0.717) is 0 Å². The van der Waals surface area contributed by atoms with E-state index in [2.05, 4.69) is 23.4 Å². The van der Waals surface area contributed by atoms with Gasteiger partial charge in [-0.15, -0.1) is 0 Å². The second kappa shape index (κ2) is 5.94. The first-order chi connectivity index (χ1) is 6.77. The summed E-state index contributed by atoms with van der Waals surface area (Å²) in [5.74, 6) is 0. The Hall–Kier alpha value is -0.670. The molecule has 1 heterocycles. The molecule has 0 spiro atoms. The average molecular weight is 195 g/mol. The maximum Gasteiger partial charge on any atom is 0.0400 e. The van der Waals surface area contributed by atoms with Crippen molar-refractivity contribution in [2.45, 2.75) is 19.8 Å². The lowest BCUT2D eigenvalue weighted by Gasteiger charge is -2.28. The minimum Gasteiger partial charge on any atom is -0.329 e. The van der Waals surface area contributed by atoms with E-state index in [1.54, 1.807) is 0 Å². The summed E-state index contributed by atoms with van der Waals surface area (Å²) in [4.78, 5) is 6.88. The second-order valence-corrected chi connectivity index (χ2v) is 3.75. The zero-order valence-corrected chi connectivity index (χ0v) is 9.13. The van der Waals surface area contributed by atoms with Crippen molar-refractivity contribution < 1.29 is 0 Å². The summed E-state index contributed by atoms with van der Waals surface area (Å²) in [5, 5.41) is 0. The van der Waals surface area contributed by atoms with Crippen LogP contribution in [0.4, 0.5) is 0 Å². The molecule has 0 bridgehead atoms. The molecule has 0 unspecified atom stereocenters. The highest BCUT2D eigenvalue weighted by molar-refractivity contribution is 6.00. The Morgan fingerprint density at radius 1 is 1.57 bits per heavy atom. The molecular formula is C11H21N3. The summed E-state index contributed by atoms with van der Waals surface area (Å²) < 4.78 is 0. The van der Waals surface area contributed by atoms with Crippen molar-refractivity contribution in [2.75, 3.05) is 32.7 Å². The van der Waals surface area contributed by atoms with Crippen LogP contribution in [0.25, 0.3) is 0 Å². The van der Waals surface area contributed by atoms with Crippen molar-refractivity contribution in [2.24, 2.45) is 10.7 Å². The first-order valence-corrected chi connectivity index (χ1v) is 5.41. The molecule has 0 aromatic carbocycles. The first kappa shape index (κ1) is 11.4. The number of piperidine rings is 1. The zero-order valence-electron chi connectivity index (χ0n) is 9.13. The molecule has 0 aromatic heterocycles. The van der Waals surface area contributed by atoms with E-state index in [0.717, 1.165) is 45.6 Å². The smallest absolute Gasteiger partial charge is 0.0400 e. The summed E-state index contributed by atoms with van der Waals surface area (Å²) >= 11 is 0. The topological polar surface area (TPSA) is 41.6 Å². The molecular weight excluding hydrogens is 174 g/mol. The van der Waals surface area contributed by atoms with Crippen molar-refractivity contribution in [1.29, 1.82) is 0 Å². The van der Waals surface area contributed by atoms with E-state index >= 15 is 0 Å². The molecule has 1 saturated heterocycles. The number of rotatable bonds is 4. The molecule has 3 heteroatoms. The normalized spacial score (nSPS) is 21.9. The van der Waals surface area contributed by atoms with Gasteiger partial charge in [-0.05, 0) is 12.0 Å². The average Bonchev–Trinajstić information content (AvgIpc) is 2.17. The lowest BCUT2D eigenvalue weighted by atomic mass is 10.0. The third kappa shape index (κ3) is 3.24. The molecule has 0 aromatic rings. The van der Waals surface area contributed by atoms with E-state index in [9.17, 15) is 0 Å². The number of nitrogens with zero attached hydrogens (tertiary/aromatic N) is 2. The van der Waals surface area contributed by atoms with Gasteiger partial charge in [0.2, 0.25) is 0 Å². The van der Waals surface area contributed by atoms with Crippen LogP contribution in [0.5, 0.6) is 0 Å².